The Morgan fingerprint density at radius 1 is 0.857 bits per heavy atom. The van der Waals surface area contributed by atoms with Crippen molar-refractivity contribution in [1.29, 1.82) is 0 Å². The Hall–Kier alpha value is -2.27. The number of nitrogens with one attached hydrogen (secondary N) is 2. The van der Waals surface area contributed by atoms with Crippen molar-refractivity contribution < 1.29 is 21.6 Å². The molecule has 0 fully saturated rings. The van der Waals surface area contributed by atoms with Gasteiger partial charge in [0.1, 0.15) is 0 Å². The molecular formula is C18H23N3O5S2. The Kier molecular flexibility index (Phi) is 6.94. The number of hydrogen-bond donors (Lipinski definition) is 2. The number of aryl methyl sites for hydroxylation is 1. The highest BCUT2D eigenvalue weighted by Crippen LogP contribution is 2.18. The molecule has 0 heterocycles. The summed E-state index contributed by atoms with van der Waals surface area (Å²) in [7, 11) is -7.74. The lowest BCUT2D eigenvalue weighted by atomic mass is 10.1. The van der Waals surface area contributed by atoms with Crippen LogP contribution in [0.4, 0.5) is 0 Å². The number of rotatable bonds is 8. The van der Waals surface area contributed by atoms with Crippen molar-refractivity contribution in [3.05, 3.63) is 59.7 Å². The molecule has 1 amide bonds. The predicted molar refractivity (Wildman–Crippen MR) is 106 cm³/mol. The number of sulfonamides is 2. The van der Waals surface area contributed by atoms with Crippen LogP contribution in [0.25, 0.3) is 0 Å². The number of hydrazine groups is 1. The van der Waals surface area contributed by atoms with Crippen LogP contribution in [0.2, 0.25) is 0 Å². The van der Waals surface area contributed by atoms with Crippen LogP contribution in [0.15, 0.2) is 58.3 Å². The van der Waals surface area contributed by atoms with Gasteiger partial charge in [-0.05, 0) is 43.3 Å². The lowest BCUT2D eigenvalue weighted by molar-refractivity contribution is 0.0945. The molecule has 0 spiro atoms. The van der Waals surface area contributed by atoms with E-state index in [0.717, 1.165) is 5.56 Å². The first-order valence-corrected chi connectivity index (χ1v) is 11.5. The first-order valence-electron chi connectivity index (χ1n) is 8.61. The standard InChI is InChI=1S/C18H23N3O5S2/c1-4-21(5-2)28(25,26)17-12-10-16(11-13-17)27(23,24)20-19-18(22)15-8-6-14(3)7-9-15/h6-13,20H,4-5H2,1-3H3,(H,19,22). The van der Waals surface area contributed by atoms with E-state index in [2.05, 4.69) is 5.43 Å². The smallest absolute Gasteiger partial charge is 0.266 e. The number of carbonyl (C=O) groups excluding carboxylic acids is 1. The summed E-state index contributed by atoms with van der Waals surface area (Å²) in [5.41, 5.74) is 3.40. The van der Waals surface area contributed by atoms with Crippen molar-refractivity contribution in [3.8, 4) is 0 Å². The third kappa shape index (κ3) is 4.96. The normalized spacial score (nSPS) is 12.1. The molecule has 0 saturated carbocycles. The molecule has 0 radical (unpaired) electrons. The van der Waals surface area contributed by atoms with Crippen molar-refractivity contribution in [2.75, 3.05) is 13.1 Å². The zero-order valence-electron chi connectivity index (χ0n) is 15.8. The van der Waals surface area contributed by atoms with E-state index in [1.54, 1.807) is 38.1 Å². The van der Waals surface area contributed by atoms with Gasteiger partial charge in [0, 0.05) is 18.7 Å². The van der Waals surface area contributed by atoms with Crippen LogP contribution in [0.1, 0.15) is 29.8 Å². The number of amides is 1. The zero-order chi connectivity index (χ0) is 20.9. The Balaban J connectivity index is 2.13. The molecule has 0 unspecified atom stereocenters. The van der Waals surface area contributed by atoms with E-state index in [4.69, 9.17) is 0 Å². The summed E-state index contributed by atoms with van der Waals surface area (Å²) in [4.78, 5) is 13.9. The predicted octanol–water partition coefficient (Wildman–Crippen LogP) is 1.65. The molecule has 2 rings (SSSR count). The monoisotopic (exact) mass is 425 g/mol. The highest BCUT2D eigenvalue weighted by atomic mass is 32.2. The quantitative estimate of drug-likeness (QED) is 0.625. The van der Waals surface area contributed by atoms with Crippen molar-refractivity contribution in [2.24, 2.45) is 0 Å². The lowest BCUT2D eigenvalue weighted by Gasteiger charge is -2.18. The Morgan fingerprint density at radius 2 is 1.36 bits per heavy atom. The van der Waals surface area contributed by atoms with Crippen LogP contribution in [0.3, 0.4) is 0 Å². The van der Waals surface area contributed by atoms with Gasteiger partial charge < -0.3 is 0 Å². The minimum atomic E-state index is -4.06. The van der Waals surface area contributed by atoms with Crippen molar-refractivity contribution >= 4 is 26.0 Å². The first kappa shape index (κ1) is 22.0. The second-order valence-electron chi connectivity index (χ2n) is 5.99. The molecule has 28 heavy (non-hydrogen) atoms. The van der Waals surface area contributed by atoms with Gasteiger partial charge in [0.25, 0.3) is 15.9 Å². The molecule has 8 nitrogen and oxygen atoms in total. The summed E-state index contributed by atoms with van der Waals surface area (Å²) < 4.78 is 50.9. The third-order valence-electron chi connectivity index (χ3n) is 4.09. The van der Waals surface area contributed by atoms with E-state index in [9.17, 15) is 21.6 Å². The summed E-state index contributed by atoms with van der Waals surface area (Å²) in [5, 5.41) is 0. The third-order valence-corrected chi connectivity index (χ3v) is 7.42. The van der Waals surface area contributed by atoms with Gasteiger partial charge in [0.2, 0.25) is 10.0 Å². The molecule has 0 aliphatic rings. The van der Waals surface area contributed by atoms with Crippen molar-refractivity contribution in [3.63, 3.8) is 0 Å². The van der Waals surface area contributed by atoms with E-state index < -0.39 is 26.0 Å². The molecule has 2 N–H and O–H groups in total. The molecule has 2 aromatic rings. The van der Waals surface area contributed by atoms with E-state index in [0.29, 0.717) is 18.7 Å². The maximum Gasteiger partial charge on any atom is 0.266 e. The molecule has 0 aliphatic carbocycles. The van der Waals surface area contributed by atoms with Gasteiger partial charge in [-0.15, -0.1) is 4.83 Å². The minimum Gasteiger partial charge on any atom is -0.273 e. The van der Waals surface area contributed by atoms with E-state index in [-0.39, 0.29) is 9.79 Å². The van der Waals surface area contributed by atoms with Crippen LogP contribution >= 0.6 is 0 Å². The molecule has 10 heteroatoms. The average Bonchev–Trinajstić information content (AvgIpc) is 2.67. The van der Waals surface area contributed by atoms with Gasteiger partial charge in [0.15, 0.2) is 0 Å². The Bertz CT molecular complexity index is 1030. The molecule has 0 bridgehead atoms. The molecule has 0 saturated heterocycles. The maximum atomic E-state index is 12.5. The minimum absolute atomic E-state index is 0.00107. The van der Waals surface area contributed by atoms with E-state index in [1.165, 1.54) is 28.6 Å². The summed E-state index contributed by atoms with van der Waals surface area (Å²) in [6, 6.07) is 11.4. The second kappa shape index (κ2) is 8.82. The molecule has 152 valence electrons. The van der Waals surface area contributed by atoms with Gasteiger partial charge in [-0.1, -0.05) is 31.5 Å². The van der Waals surface area contributed by atoms with Crippen LogP contribution in [-0.4, -0.2) is 40.1 Å². The Morgan fingerprint density at radius 3 is 1.86 bits per heavy atom. The van der Waals surface area contributed by atoms with Crippen molar-refractivity contribution in [1.82, 2.24) is 14.6 Å². The SMILES string of the molecule is CCN(CC)S(=O)(=O)c1ccc(S(=O)(=O)NNC(=O)c2ccc(C)cc2)cc1. The Labute approximate surface area is 165 Å². The van der Waals surface area contributed by atoms with Gasteiger partial charge in [-0.2, -0.15) is 4.31 Å². The summed E-state index contributed by atoms with van der Waals surface area (Å²) in [6.07, 6.45) is 0. The van der Waals surface area contributed by atoms with Crippen molar-refractivity contribution in [2.45, 2.75) is 30.6 Å². The van der Waals surface area contributed by atoms with Crippen LogP contribution < -0.4 is 10.3 Å². The number of benzene rings is 2. The molecule has 2 aromatic carbocycles. The van der Waals surface area contributed by atoms with Gasteiger partial charge in [-0.3, -0.25) is 10.2 Å². The topological polar surface area (TPSA) is 113 Å². The molecular weight excluding hydrogens is 402 g/mol. The molecule has 0 aliphatic heterocycles. The summed E-state index contributed by atoms with van der Waals surface area (Å²) in [6.45, 7) is 5.94. The van der Waals surface area contributed by atoms with Crippen LogP contribution in [0.5, 0.6) is 0 Å². The van der Waals surface area contributed by atoms with E-state index in [1.807, 2.05) is 11.8 Å². The fourth-order valence-corrected chi connectivity index (χ4v) is 4.75. The average molecular weight is 426 g/mol. The summed E-state index contributed by atoms with van der Waals surface area (Å²) >= 11 is 0. The molecule has 0 atom stereocenters. The van der Waals surface area contributed by atoms with Gasteiger partial charge in [0.05, 0.1) is 9.79 Å². The van der Waals surface area contributed by atoms with Crippen LogP contribution in [-0.2, 0) is 20.0 Å². The maximum absolute atomic E-state index is 12.5. The fourth-order valence-electron chi connectivity index (χ4n) is 2.45. The van der Waals surface area contributed by atoms with Crippen LogP contribution in [0, 0.1) is 6.92 Å². The van der Waals surface area contributed by atoms with Gasteiger partial charge >= 0.3 is 0 Å². The van der Waals surface area contributed by atoms with E-state index >= 15 is 0 Å². The highest BCUT2D eigenvalue weighted by Gasteiger charge is 2.23. The zero-order valence-corrected chi connectivity index (χ0v) is 17.5. The molecule has 0 aromatic heterocycles. The summed E-state index contributed by atoms with van der Waals surface area (Å²) in [5.74, 6) is -0.607. The first-order chi connectivity index (χ1) is 13.1. The lowest BCUT2D eigenvalue weighted by Crippen LogP contribution is -2.41. The number of hydrogen-bond acceptors (Lipinski definition) is 5. The number of nitrogens with zero attached hydrogens (tertiary/aromatic N) is 1. The fraction of sp³-hybridized carbons (Fsp3) is 0.278. The number of carbonyl (C=O) groups is 1. The second-order valence-corrected chi connectivity index (χ2v) is 9.61. The highest BCUT2D eigenvalue weighted by molar-refractivity contribution is 7.89. The largest absolute Gasteiger partial charge is 0.273 e. The van der Waals surface area contributed by atoms with Gasteiger partial charge in [-0.25, -0.2) is 16.8 Å².